The number of hydroxylamine groups is 2. The van der Waals surface area contributed by atoms with Crippen LogP contribution in [0.5, 0.6) is 5.75 Å². The average molecular weight is 802 g/mol. The van der Waals surface area contributed by atoms with E-state index in [0.29, 0.717) is 10.8 Å². The highest BCUT2D eigenvalue weighted by molar-refractivity contribution is 7.80. The number of hydrogen-bond acceptors (Lipinski definition) is 15. The highest BCUT2D eigenvalue weighted by Gasteiger charge is 2.57. The van der Waals surface area contributed by atoms with Crippen LogP contribution < -0.4 is 15.8 Å². The summed E-state index contributed by atoms with van der Waals surface area (Å²) in [5, 5.41) is 19.9. The topological polar surface area (TPSA) is 236 Å². The molecule has 17 nitrogen and oxygen atoms in total. The number of carbonyl (C=O) groups excluding carboxylic acids is 2. The number of unbranched alkanes of at least 4 members (excludes halogenated alkanes) is 1. The number of pyridine rings is 1. The number of amides is 1. The fraction of sp³-hybridized carbons (Fsp3) is 0.556. The van der Waals surface area contributed by atoms with E-state index in [0.717, 1.165) is 78.7 Å². The number of oxime groups is 1. The maximum Gasteiger partial charge on any atom is 0.418 e. The van der Waals surface area contributed by atoms with Gasteiger partial charge in [-0.25, -0.2) is 9.78 Å². The second kappa shape index (κ2) is 17.3. The number of nitrogen functional groups attached to an aromatic ring is 1. The van der Waals surface area contributed by atoms with Crippen molar-refractivity contribution in [3.8, 4) is 5.75 Å². The second-order valence-electron chi connectivity index (χ2n) is 14.9. The normalized spacial score (nSPS) is 19.5. The summed E-state index contributed by atoms with van der Waals surface area (Å²) >= 11 is 0.998. The Balaban J connectivity index is 1.03. The highest BCUT2D eigenvalue weighted by atomic mass is 32.3. The van der Waals surface area contributed by atoms with E-state index in [9.17, 15) is 27.9 Å². The molecule has 0 bridgehead atoms. The van der Waals surface area contributed by atoms with Crippen LogP contribution in [0.25, 0.3) is 10.9 Å². The van der Waals surface area contributed by atoms with Gasteiger partial charge in [-0.2, -0.15) is 13.5 Å². The van der Waals surface area contributed by atoms with E-state index in [4.69, 9.17) is 24.8 Å². The number of rotatable bonds is 21. The molecule has 1 amide bonds. The van der Waals surface area contributed by atoms with E-state index in [-0.39, 0.29) is 10.8 Å². The van der Waals surface area contributed by atoms with E-state index in [1.54, 1.807) is 12.1 Å². The van der Waals surface area contributed by atoms with Gasteiger partial charge in [0.15, 0.2) is 16.6 Å². The molecule has 3 aromatic rings. The highest BCUT2D eigenvalue weighted by Crippen LogP contribution is 2.40. The van der Waals surface area contributed by atoms with Gasteiger partial charge in [0, 0.05) is 49.1 Å². The van der Waals surface area contributed by atoms with Crippen molar-refractivity contribution in [1.29, 1.82) is 0 Å². The third-order valence-electron chi connectivity index (χ3n) is 10.4. The Morgan fingerprint density at radius 2 is 1.91 bits per heavy atom. The summed E-state index contributed by atoms with van der Waals surface area (Å²) in [7, 11) is -4.99. The Bertz CT molecular complexity index is 2000. The molecule has 298 valence electrons. The van der Waals surface area contributed by atoms with Gasteiger partial charge in [-0.3, -0.25) is 19.1 Å². The van der Waals surface area contributed by atoms with Crippen molar-refractivity contribution < 1.29 is 46.3 Å². The van der Waals surface area contributed by atoms with Gasteiger partial charge >= 0.3 is 16.4 Å². The molecular formula is C36H47N7O10S2. The Hall–Kier alpha value is -4.27. The molecule has 5 N–H and O–H groups in total. The van der Waals surface area contributed by atoms with Crippen molar-refractivity contribution in [2.45, 2.75) is 70.4 Å². The predicted molar refractivity (Wildman–Crippen MR) is 203 cm³/mol. The Morgan fingerprint density at radius 1 is 1.15 bits per heavy atom. The van der Waals surface area contributed by atoms with Gasteiger partial charge in [-0.05, 0) is 88.6 Å². The molecule has 1 aromatic carbocycles. The zero-order chi connectivity index (χ0) is 39.3. The van der Waals surface area contributed by atoms with Gasteiger partial charge in [0.25, 0.3) is 12.0 Å². The molecule has 0 spiro atoms. The van der Waals surface area contributed by atoms with Gasteiger partial charge in [0.05, 0.1) is 17.0 Å². The Kier molecular flexibility index (Phi) is 12.7. The minimum atomic E-state index is -4.99. The third-order valence-corrected chi connectivity index (χ3v) is 11.4. The molecule has 2 saturated heterocycles. The van der Waals surface area contributed by atoms with Crippen molar-refractivity contribution in [2.75, 3.05) is 45.1 Å². The van der Waals surface area contributed by atoms with Crippen LogP contribution in [0.1, 0.15) is 63.8 Å². The van der Waals surface area contributed by atoms with Crippen molar-refractivity contribution in [2.24, 2.45) is 22.9 Å². The zero-order valence-electron chi connectivity index (χ0n) is 30.8. The Labute approximate surface area is 323 Å². The van der Waals surface area contributed by atoms with Crippen LogP contribution in [-0.2, 0) is 40.3 Å². The van der Waals surface area contributed by atoms with E-state index in [2.05, 4.69) is 24.6 Å². The number of benzene rings is 1. The summed E-state index contributed by atoms with van der Waals surface area (Å²) < 4.78 is 41.5. The van der Waals surface area contributed by atoms with Crippen LogP contribution in [0.3, 0.4) is 0 Å². The third kappa shape index (κ3) is 10.3. The van der Waals surface area contributed by atoms with E-state index in [1.807, 2.05) is 18.2 Å². The molecule has 2 aromatic heterocycles. The van der Waals surface area contributed by atoms with Gasteiger partial charge in [0.1, 0.15) is 18.1 Å². The number of Topliss-reactive ketones (excluding diaryl/α,β-unsaturated/α-hetero) is 1. The molecule has 1 aliphatic carbocycles. The number of anilines is 1. The number of nitrogens with two attached hydrogens (primary N) is 1. The number of carboxylic acid groups (broad SMARTS) is 1. The summed E-state index contributed by atoms with van der Waals surface area (Å²) in [5.74, 6) is -2.12. The lowest BCUT2D eigenvalue weighted by Gasteiger charge is -2.50. The van der Waals surface area contributed by atoms with Crippen LogP contribution >= 0.6 is 11.3 Å². The van der Waals surface area contributed by atoms with Crippen molar-refractivity contribution in [3.05, 3.63) is 47.1 Å². The second-order valence-corrected chi connectivity index (χ2v) is 16.8. The van der Waals surface area contributed by atoms with Crippen LogP contribution in [0.4, 0.5) is 5.13 Å². The van der Waals surface area contributed by atoms with Crippen LogP contribution in [0.15, 0.2) is 40.9 Å². The number of aromatic nitrogens is 2. The molecule has 19 heteroatoms. The summed E-state index contributed by atoms with van der Waals surface area (Å²) in [6.45, 7) is 8.16. The van der Waals surface area contributed by atoms with Gasteiger partial charge in [-0.15, -0.1) is 15.6 Å². The number of fused-ring (bicyclic) bond motifs is 1. The molecule has 0 radical (unpaired) electrons. The van der Waals surface area contributed by atoms with Crippen molar-refractivity contribution in [1.82, 2.24) is 25.2 Å². The van der Waals surface area contributed by atoms with Crippen molar-refractivity contribution >= 4 is 61.1 Å². The summed E-state index contributed by atoms with van der Waals surface area (Å²) in [6, 6.07) is 9.21. The molecule has 4 heterocycles. The molecule has 0 unspecified atom stereocenters. The minimum absolute atomic E-state index is 0.0118. The zero-order valence-corrected chi connectivity index (χ0v) is 32.4. The number of hydrogen-bond donors (Lipinski definition) is 4. The van der Waals surface area contributed by atoms with Crippen LogP contribution in [0.2, 0.25) is 0 Å². The molecule has 55 heavy (non-hydrogen) atoms. The summed E-state index contributed by atoms with van der Waals surface area (Å²) in [6.07, 6.45) is 4.99. The predicted octanol–water partition coefficient (Wildman–Crippen LogP) is 3.10. The number of nitrogens with zero attached hydrogens (tertiary/aromatic N) is 5. The van der Waals surface area contributed by atoms with E-state index >= 15 is 0 Å². The molecule has 6 rings (SSSR count). The average Bonchev–Trinajstić information content (AvgIpc) is 3.53. The maximum atomic E-state index is 13.4. The number of aliphatic carboxylic acids is 1. The summed E-state index contributed by atoms with van der Waals surface area (Å²) in [4.78, 5) is 55.1. The number of carbonyl (C=O) groups is 3. The first-order chi connectivity index (χ1) is 26.2. The molecule has 3 aliphatic rings. The van der Waals surface area contributed by atoms with Gasteiger partial charge < -0.3 is 30.6 Å². The molecule has 2 atom stereocenters. The lowest BCUT2D eigenvalue weighted by molar-refractivity contribution is -0.228. The molecule has 3 fully saturated rings. The lowest BCUT2D eigenvalue weighted by atomic mass is 9.74. The first-order valence-electron chi connectivity index (χ1n) is 18.3. The number of ether oxygens (including phenoxy) is 1. The smallest absolute Gasteiger partial charge is 0.418 e. The van der Waals surface area contributed by atoms with Crippen LogP contribution in [-0.4, -0.2) is 112 Å². The van der Waals surface area contributed by atoms with Gasteiger partial charge in [0.2, 0.25) is 0 Å². The number of aryl methyl sites for hydroxylation is 1. The minimum Gasteiger partial charge on any atom is -0.489 e. The number of carboxylic acids is 1. The number of β-lactam (4-membered cyclic amide) rings is 1. The molecule has 1 saturated carbocycles. The number of ketones is 1. The first kappa shape index (κ1) is 40.4. The Morgan fingerprint density at radius 3 is 2.53 bits per heavy atom. The molecular weight excluding hydrogens is 755 g/mol. The van der Waals surface area contributed by atoms with Gasteiger partial charge in [-0.1, -0.05) is 17.6 Å². The van der Waals surface area contributed by atoms with Crippen molar-refractivity contribution in [3.63, 3.8) is 0 Å². The van der Waals surface area contributed by atoms with E-state index in [1.165, 1.54) is 51.6 Å². The monoisotopic (exact) mass is 801 g/mol. The largest absolute Gasteiger partial charge is 0.489 e. The lowest BCUT2D eigenvalue weighted by Crippen LogP contribution is -2.68. The summed E-state index contributed by atoms with van der Waals surface area (Å²) in [5.41, 5.74) is 5.83. The number of nitrogens with one attached hydrogen (secondary N) is 1. The fourth-order valence-electron chi connectivity index (χ4n) is 6.88. The van der Waals surface area contributed by atoms with E-state index < -0.39 is 64.4 Å². The van der Waals surface area contributed by atoms with Crippen LogP contribution in [0, 0.1) is 17.8 Å². The first-order valence-corrected chi connectivity index (χ1v) is 20.6. The maximum absolute atomic E-state index is 13.4. The number of thiazole rings is 1. The fourth-order valence-corrected chi connectivity index (χ4v) is 7.88. The standard InChI is InChI=1S/C36H47N7O10S2/c1-36(2)27(33(45)43(36)53-55(48,49)50)15-30(44)32(29-21-54-35(37)40-29)41-52-31(34(46)47)20-51-26-11-12-28-24(14-26)9-10-25(39-28)8-3-4-13-42(18-22-6-5-7-22)19-23-16-38-17-23/h9-12,14,21-23,27,31,38H,3-8,13,15-20H2,1-2H3,(H2,37,40)(H,46,47)(H,48,49,50)/b41-32-/t27-,31+/m1/s1. The quantitative estimate of drug-likeness (QED) is 0.0398. The molecule has 2 aliphatic heterocycles. The SMILES string of the molecule is CC1(C)[C@H](CC(=O)/C(=N\O[C@@H](COc2ccc3nc(CCCCN(CC4CCC4)CC4CNC4)ccc3c2)C(=O)O)c2csc(N)n2)C(=O)N1OS(=O)(=O)O.